The molecule has 146 valence electrons. The Hall–Kier alpha value is -2.07. The van der Waals surface area contributed by atoms with Crippen molar-refractivity contribution >= 4 is 51.8 Å². The van der Waals surface area contributed by atoms with E-state index in [9.17, 15) is 9.59 Å². The van der Waals surface area contributed by atoms with E-state index in [-0.39, 0.29) is 12.6 Å². The summed E-state index contributed by atoms with van der Waals surface area (Å²) in [4.78, 5) is 27.1. The molecule has 0 radical (unpaired) electrons. The number of benzene rings is 1. The van der Waals surface area contributed by atoms with Gasteiger partial charge in [-0.15, -0.1) is 11.3 Å². The number of alkyl carbamates (subject to hydrolysis) is 1. The molecule has 0 saturated carbocycles. The second-order valence-electron chi connectivity index (χ2n) is 5.17. The molecule has 1 heterocycles. The second-order valence-corrected chi connectivity index (χ2v) is 6.84. The van der Waals surface area contributed by atoms with E-state index in [4.69, 9.17) is 27.9 Å². The smallest absolute Gasteiger partial charge is 0.406 e. The molecular weight excluding hydrogens is 415 g/mol. The van der Waals surface area contributed by atoms with E-state index in [1.165, 1.54) is 18.4 Å². The zero-order chi connectivity index (χ0) is 19.6. The van der Waals surface area contributed by atoms with Crippen molar-refractivity contribution in [3.8, 4) is 0 Å². The fourth-order valence-corrected chi connectivity index (χ4v) is 2.89. The van der Waals surface area contributed by atoms with Gasteiger partial charge in [0.15, 0.2) is 5.13 Å². The van der Waals surface area contributed by atoms with Gasteiger partial charge in [0.25, 0.3) is 0 Å². The highest BCUT2D eigenvalue weighted by Crippen LogP contribution is 2.22. The predicted molar refractivity (Wildman–Crippen MR) is 104 cm³/mol. The van der Waals surface area contributed by atoms with E-state index in [2.05, 4.69) is 25.7 Å². The normalized spacial score (nSPS) is 10.3. The Bertz CT molecular complexity index is 788. The van der Waals surface area contributed by atoms with Crippen LogP contribution in [0.5, 0.6) is 0 Å². The largest absolute Gasteiger partial charge is 0.453 e. The first-order valence-corrected chi connectivity index (χ1v) is 9.44. The van der Waals surface area contributed by atoms with Crippen molar-refractivity contribution in [2.45, 2.75) is 13.2 Å². The summed E-state index contributed by atoms with van der Waals surface area (Å²) in [6, 6.07) is 4.76. The molecule has 3 N–H and O–H groups in total. The molecule has 0 aliphatic rings. The number of methoxy groups -OCH3 is 1. The average Bonchev–Trinajstić information content (AvgIpc) is 3.09. The molecule has 0 aliphatic carbocycles. The summed E-state index contributed by atoms with van der Waals surface area (Å²) in [5.41, 5.74) is 1.51. The number of urea groups is 1. The first-order valence-electron chi connectivity index (χ1n) is 7.80. The molecule has 1 aromatic heterocycles. The zero-order valence-electron chi connectivity index (χ0n) is 14.4. The predicted octanol–water partition coefficient (Wildman–Crippen LogP) is 3.64. The number of halogens is 2. The van der Waals surface area contributed by atoms with Gasteiger partial charge in [0, 0.05) is 18.5 Å². The SMILES string of the molecule is COC(=O)NCCOCc1csc(NC(=O)NCc2ccc(Cl)c(Cl)c2)n1. The van der Waals surface area contributed by atoms with Crippen LogP contribution in [-0.2, 0) is 22.6 Å². The van der Waals surface area contributed by atoms with Gasteiger partial charge in [-0.05, 0) is 17.7 Å². The summed E-state index contributed by atoms with van der Waals surface area (Å²) in [5.74, 6) is 0. The van der Waals surface area contributed by atoms with Crippen LogP contribution in [0.4, 0.5) is 14.7 Å². The minimum atomic E-state index is -0.509. The summed E-state index contributed by atoms with van der Waals surface area (Å²) in [6.07, 6.45) is -0.509. The van der Waals surface area contributed by atoms with Crippen molar-refractivity contribution < 1.29 is 19.1 Å². The standard InChI is InChI=1S/C16H18Cl2N4O4S/c1-25-16(24)19-4-5-26-8-11-9-27-15(21-11)22-14(23)20-7-10-2-3-12(17)13(18)6-10/h2-3,6,9H,4-5,7-8H2,1H3,(H,19,24)(H2,20,21,22,23). The minimum absolute atomic E-state index is 0.270. The summed E-state index contributed by atoms with van der Waals surface area (Å²) < 4.78 is 9.82. The van der Waals surface area contributed by atoms with Crippen molar-refractivity contribution in [1.29, 1.82) is 0 Å². The van der Waals surface area contributed by atoms with Gasteiger partial charge in [0.05, 0.1) is 36.1 Å². The monoisotopic (exact) mass is 432 g/mol. The average molecular weight is 433 g/mol. The maximum atomic E-state index is 11.9. The van der Waals surface area contributed by atoms with Gasteiger partial charge in [0.2, 0.25) is 0 Å². The topological polar surface area (TPSA) is 102 Å². The molecule has 8 nitrogen and oxygen atoms in total. The number of anilines is 1. The van der Waals surface area contributed by atoms with Crippen LogP contribution in [-0.4, -0.2) is 37.4 Å². The third kappa shape index (κ3) is 7.59. The van der Waals surface area contributed by atoms with Crippen LogP contribution in [0.3, 0.4) is 0 Å². The van der Waals surface area contributed by atoms with E-state index in [0.29, 0.717) is 40.6 Å². The molecule has 27 heavy (non-hydrogen) atoms. The maximum absolute atomic E-state index is 11.9. The Balaban J connectivity index is 1.69. The highest BCUT2D eigenvalue weighted by Gasteiger charge is 2.07. The van der Waals surface area contributed by atoms with Crippen LogP contribution < -0.4 is 16.0 Å². The summed E-state index contributed by atoms with van der Waals surface area (Å²) in [7, 11) is 1.29. The van der Waals surface area contributed by atoms with Crippen LogP contribution in [0.15, 0.2) is 23.6 Å². The lowest BCUT2D eigenvalue weighted by atomic mass is 10.2. The van der Waals surface area contributed by atoms with E-state index in [1.54, 1.807) is 23.6 Å². The number of rotatable bonds is 8. The lowest BCUT2D eigenvalue weighted by molar-refractivity contribution is 0.116. The molecule has 0 bridgehead atoms. The Morgan fingerprint density at radius 1 is 1.22 bits per heavy atom. The van der Waals surface area contributed by atoms with Crippen LogP contribution in [0, 0.1) is 0 Å². The van der Waals surface area contributed by atoms with Gasteiger partial charge in [-0.2, -0.15) is 0 Å². The third-order valence-corrected chi connectivity index (χ3v) is 4.71. The fourth-order valence-electron chi connectivity index (χ4n) is 1.88. The molecule has 0 aliphatic heterocycles. The van der Waals surface area contributed by atoms with Crippen LogP contribution >= 0.6 is 34.5 Å². The number of ether oxygens (including phenoxy) is 2. The molecular formula is C16H18Cl2N4O4S. The molecule has 0 unspecified atom stereocenters. The van der Waals surface area contributed by atoms with Crippen LogP contribution in [0.25, 0.3) is 0 Å². The van der Waals surface area contributed by atoms with Crippen molar-refractivity contribution in [1.82, 2.24) is 15.6 Å². The number of thiazole rings is 1. The van der Waals surface area contributed by atoms with Gasteiger partial charge in [-0.25, -0.2) is 14.6 Å². The van der Waals surface area contributed by atoms with Gasteiger partial charge in [-0.3, -0.25) is 5.32 Å². The Morgan fingerprint density at radius 2 is 2.04 bits per heavy atom. The van der Waals surface area contributed by atoms with Gasteiger partial charge in [-0.1, -0.05) is 29.3 Å². The molecule has 0 saturated heterocycles. The van der Waals surface area contributed by atoms with Crippen molar-refractivity contribution in [2.24, 2.45) is 0 Å². The highest BCUT2D eigenvalue weighted by atomic mass is 35.5. The molecule has 0 atom stereocenters. The van der Waals surface area contributed by atoms with Crippen LogP contribution in [0.1, 0.15) is 11.3 Å². The van der Waals surface area contributed by atoms with Gasteiger partial charge >= 0.3 is 12.1 Å². The number of nitrogens with one attached hydrogen (secondary N) is 3. The quantitative estimate of drug-likeness (QED) is 0.552. The molecule has 2 aromatic rings. The van der Waals surface area contributed by atoms with Crippen LogP contribution in [0.2, 0.25) is 10.0 Å². The Labute approximate surface area is 170 Å². The minimum Gasteiger partial charge on any atom is -0.453 e. The maximum Gasteiger partial charge on any atom is 0.406 e. The van der Waals surface area contributed by atoms with E-state index >= 15 is 0 Å². The number of hydrogen-bond acceptors (Lipinski definition) is 6. The molecule has 11 heteroatoms. The molecule has 3 amide bonds. The third-order valence-electron chi connectivity index (χ3n) is 3.16. The Morgan fingerprint density at radius 3 is 2.78 bits per heavy atom. The second kappa shape index (κ2) is 10.9. The van der Waals surface area contributed by atoms with Gasteiger partial charge in [0.1, 0.15) is 0 Å². The molecule has 1 aromatic carbocycles. The van der Waals surface area contributed by atoms with Crippen molar-refractivity contribution in [2.75, 3.05) is 25.6 Å². The van der Waals surface area contributed by atoms with E-state index in [1.807, 2.05) is 0 Å². The fraction of sp³-hybridized carbons (Fsp3) is 0.312. The summed E-state index contributed by atoms with van der Waals surface area (Å²) in [6.45, 7) is 1.22. The van der Waals surface area contributed by atoms with E-state index in [0.717, 1.165) is 5.56 Å². The van der Waals surface area contributed by atoms with Crippen molar-refractivity contribution in [3.63, 3.8) is 0 Å². The lowest BCUT2D eigenvalue weighted by Crippen LogP contribution is -2.28. The first kappa shape index (κ1) is 21.2. The number of hydrogen-bond donors (Lipinski definition) is 3. The summed E-state index contributed by atoms with van der Waals surface area (Å²) in [5, 5.41) is 11.0. The summed E-state index contributed by atoms with van der Waals surface area (Å²) >= 11 is 13.1. The number of amides is 3. The number of aromatic nitrogens is 1. The van der Waals surface area contributed by atoms with E-state index < -0.39 is 6.09 Å². The molecule has 0 fully saturated rings. The zero-order valence-corrected chi connectivity index (χ0v) is 16.7. The molecule has 2 rings (SSSR count). The molecule has 0 spiro atoms. The first-order chi connectivity index (χ1) is 13.0. The number of carbonyl (C=O) groups is 2. The highest BCUT2D eigenvalue weighted by molar-refractivity contribution is 7.13. The lowest BCUT2D eigenvalue weighted by Gasteiger charge is -2.06. The van der Waals surface area contributed by atoms with Gasteiger partial charge < -0.3 is 20.1 Å². The number of nitrogens with zero attached hydrogens (tertiary/aromatic N) is 1. The van der Waals surface area contributed by atoms with Crippen molar-refractivity contribution in [3.05, 3.63) is 44.9 Å². The Kier molecular flexibility index (Phi) is 8.59. The number of carbonyl (C=O) groups excluding carboxylic acids is 2.